The summed E-state index contributed by atoms with van der Waals surface area (Å²) >= 11 is 0. The van der Waals surface area contributed by atoms with Crippen molar-refractivity contribution in [2.75, 3.05) is 13.1 Å². The van der Waals surface area contributed by atoms with Crippen molar-refractivity contribution in [2.24, 2.45) is 5.41 Å². The first-order valence-electron chi connectivity index (χ1n) is 6.61. The SMILES string of the molecule is CC1(C)CCCNC1CNC(=O)c1cncc(F)c1.Cl.Cl. The number of aromatic nitrogens is 1. The minimum Gasteiger partial charge on any atom is -0.350 e. The molecule has 0 spiro atoms. The number of hydrogen-bond acceptors (Lipinski definition) is 3. The van der Waals surface area contributed by atoms with Crippen LogP contribution in [0.3, 0.4) is 0 Å². The number of carbonyl (C=O) groups excluding carboxylic acids is 1. The molecule has 1 aliphatic heterocycles. The van der Waals surface area contributed by atoms with E-state index in [1.54, 1.807) is 0 Å². The zero-order chi connectivity index (χ0) is 13.9. The van der Waals surface area contributed by atoms with Crippen LogP contribution < -0.4 is 10.6 Å². The van der Waals surface area contributed by atoms with Crippen molar-refractivity contribution in [3.8, 4) is 0 Å². The maximum absolute atomic E-state index is 13.0. The topological polar surface area (TPSA) is 54.0 Å². The summed E-state index contributed by atoms with van der Waals surface area (Å²) in [7, 11) is 0. The van der Waals surface area contributed by atoms with E-state index in [-0.39, 0.29) is 47.7 Å². The average molecular weight is 338 g/mol. The van der Waals surface area contributed by atoms with Crippen LogP contribution in [0.15, 0.2) is 18.5 Å². The summed E-state index contributed by atoms with van der Waals surface area (Å²) in [6.07, 6.45) is 4.76. The molecule has 1 fully saturated rings. The number of halogens is 3. The highest BCUT2D eigenvalue weighted by atomic mass is 35.5. The van der Waals surface area contributed by atoms with E-state index in [2.05, 4.69) is 29.5 Å². The number of amides is 1. The number of carbonyl (C=O) groups is 1. The number of hydrogen-bond donors (Lipinski definition) is 2. The summed E-state index contributed by atoms with van der Waals surface area (Å²) < 4.78 is 13.0. The van der Waals surface area contributed by atoms with Crippen LogP contribution in [0, 0.1) is 11.2 Å². The fraction of sp³-hybridized carbons (Fsp3) is 0.571. The lowest BCUT2D eigenvalue weighted by molar-refractivity contribution is 0.0928. The Morgan fingerprint density at radius 1 is 1.48 bits per heavy atom. The second-order valence-corrected chi connectivity index (χ2v) is 5.70. The molecule has 1 atom stereocenters. The van der Waals surface area contributed by atoms with Crippen LogP contribution in [-0.4, -0.2) is 30.0 Å². The van der Waals surface area contributed by atoms with Crippen LogP contribution in [0.5, 0.6) is 0 Å². The Morgan fingerprint density at radius 2 is 2.19 bits per heavy atom. The number of piperidine rings is 1. The van der Waals surface area contributed by atoms with Crippen molar-refractivity contribution in [2.45, 2.75) is 32.7 Å². The van der Waals surface area contributed by atoms with Gasteiger partial charge >= 0.3 is 0 Å². The molecule has 120 valence electrons. The van der Waals surface area contributed by atoms with Gasteiger partial charge in [0.2, 0.25) is 0 Å². The zero-order valence-corrected chi connectivity index (χ0v) is 13.8. The van der Waals surface area contributed by atoms with E-state index >= 15 is 0 Å². The number of nitrogens with one attached hydrogen (secondary N) is 2. The first-order chi connectivity index (χ1) is 8.99. The van der Waals surface area contributed by atoms with E-state index in [1.807, 2.05) is 0 Å². The molecule has 7 heteroatoms. The smallest absolute Gasteiger partial charge is 0.253 e. The van der Waals surface area contributed by atoms with Gasteiger partial charge in [-0.3, -0.25) is 9.78 Å². The lowest BCUT2D eigenvalue weighted by atomic mass is 9.77. The van der Waals surface area contributed by atoms with E-state index in [0.717, 1.165) is 25.6 Å². The molecule has 1 aromatic heterocycles. The molecule has 1 saturated heterocycles. The minimum absolute atomic E-state index is 0. The third-order valence-corrected chi connectivity index (χ3v) is 3.77. The molecule has 1 unspecified atom stereocenters. The predicted molar refractivity (Wildman–Crippen MR) is 85.8 cm³/mol. The van der Waals surface area contributed by atoms with Gasteiger partial charge in [0.15, 0.2) is 0 Å². The summed E-state index contributed by atoms with van der Waals surface area (Å²) in [5, 5.41) is 6.27. The van der Waals surface area contributed by atoms with Crippen molar-refractivity contribution >= 4 is 30.7 Å². The van der Waals surface area contributed by atoms with Crippen molar-refractivity contribution in [1.29, 1.82) is 0 Å². The van der Waals surface area contributed by atoms with Crippen molar-refractivity contribution in [1.82, 2.24) is 15.6 Å². The summed E-state index contributed by atoms with van der Waals surface area (Å²) in [5.41, 5.74) is 0.416. The highest BCUT2D eigenvalue weighted by molar-refractivity contribution is 5.93. The van der Waals surface area contributed by atoms with Crippen molar-refractivity contribution < 1.29 is 9.18 Å². The van der Waals surface area contributed by atoms with Gasteiger partial charge in [-0.2, -0.15) is 0 Å². The predicted octanol–water partition coefficient (Wildman–Crippen LogP) is 2.57. The number of pyridine rings is 1. The molecule has 0 radical (unpaired) electrons. The molecule has 21 heavy (non-hydrogen) atoms. The first-order valence-corrected chi connectivity index (χ1v) is 6.61. The molecule has 1 aliphatic rings. The van der Waals surface area contributed by atoms with Gasteiger partial charge < -0.3 is 10.6 Å². The fourth-order valence-corrected chi connectivity index (χ4v) is 2.45. The quantitative estimate of drug-likeness (QED) is 0.891. The van der Waals surface area contributed by atoms with Crippen molar-refractivity contribution in [3.63, 3.8) is 0 Å². The highest BCUT2D eigenvalue weighted by Crippen LogP contribution is 2.29. The molecule has 4 nitrogen and oxygen atoms in total. The Kier molecular flexibility index (Phi) is 8.14. The molecular weight excluding hydrogens is 316 g/mol. The van der Waals surface area contributed by atoms with Gasteiger partial charge in [-0.15, -0.1) is 24.8 Å². The van der Waals surface area contributed by atoms with Gasteiger partial charge in [-0.1, -0.05) is 13.8 Å². The number of rotatable bonds is 3. The van der Waals surface area contributed by atoms with Crippen LogP contribution in [0.1, 0.15) is 37.0 Å². The third kappa shape index (κ3) is 5.41. The minimum atomic E-state index is -0.497. The monoisotopic (exact) mass is 337 g/mol. The number of nitrogens with zero attached hydrogens (tertiary/aromatic N) is 1. The second-order valence-electron chi connectivity index (χ2n) is 5.70. The summed E-state index contributed by atoms with van der Waals surface area (Å²) in [4.78, 5) is 15.6. The molecule has 0 aliphatic carbocycles. The molecule has 2 N–H and O–H groups in total. The largest absolute Gasteiger partial charge is 0.350 e. The van der Waals surface area contributed by atoms with E-state index in [9.17, 15) is 9.18 Å². The second kappa shape index (κ2) is 8.51. The molecule has 2 heterocycles. The van der Waals surface area contributed by atoms with Crippen LogP contribution in [0.25, 0.3) is 0 Å². The Hall–Kier alpha value is -0.910. The summed E-state index contributed by atoms with van der Waals surface area (Å²) in [5.74, 6) is -0.779. The maximum Gasteiger partial charge on any atom is 0.253 e. The first kappa shape index (κ1) is 20.1. The Morgan fingerprint density at radius 3 is 2.81 bits per heavy atom. The summed E-state index contributed by atoms with van der Waals surface area (Å²) in [6, 6.07) is 1.44. The van der Waals surface area contributed by atoms with Gasteiger partial charge in [0.1, 0.15) is 5.82 Å². The van der Waals surface area contributed by atoms with Crippen LogP contribution in [0.2, 0.25) is 0 Å². The van der Waals surface area contributed by atoms with E-state index < -0.39 is 5.82 Å². The van der Waals surface area contributed by atoms with E-state index in [1.165, 1.54) is 12.3 Å². The zero-order valence-electron chi connectivity index (χ0n) is 12.2. The van der Waals surface area contributed by atoms with Crippen LogP contribution in [-0.2, 0) is 0 Å². The molecule has 0 saturated carbocycles. The van der Waals surface area contributed by atoms with Gasteiger partial charge in [-0.25, -0.2) is 4.39 Å². The lowest BCUT2D eigenvalue weighted by Crippen LogP contribution is -2.52. The molecule has 1 amide bonds. The highest BCUT2D eigenvalue weighted by Gasteiger charge is 2.31. The Bertz CT molecular complexity index is 471. The van der Waals surface area contributed by atoms with Gasteiger partial charge in [0.05, 0.1) is 11.8 Å². The lowest BCUT2D eigenvalue weighted by Gasteiger charge is -2.39. The molecule has 0 aromatic carbocycles. The third-order valence-electron chi connectivity index (χ3n) is 3.77. The molecule has 1 aromatic rings. The fourth-order valence-electron chi connectivity index (χ4n) is 2.45. The molecular formula is C14H22Cl2FN3O. The normalized spacial score (nSPS) is 19.9. The Balaban J connectivity index is 0.00000200. The van der Waals surface area contributed by atoms with E-state index in [0.29, 0.717) is 6.54 Å². The Labute approximate surface area is 137 Å². The standard InChI is InChI=1S/C14H20FN3O.2ClH/c1-14(2)4-3-5-17-12(14)9-18-13(19)10-6-11(15)8-16-7-10;;/h6-8,12,17H,3-5,9H2,1-2H3,(H,18,19);2*1H. The molecule has 0 bridgehead atoms. The van der Waals surface area contributed by atoms with E-state index in [4.69, 9.17) is 0 Å². The van der Waals surface area contributed by atoms with Gasteiger partial charge in [0.25, 0.3) is 5.91 Å². The van der Waals surface area contributed by atoms with Crippen LogP contribution in [0.4, 0.5) is 4.39 Å². The average Bonchev–Trinajstić information content (AvgIpc) is 2.36. The molecule has 2 rings (SSSR count). The van der Waals surface area contributed by atoms with Gasteiger partial charge in [0, 0.05) is 18.8 Å². The van der Waals surface area contributed by atoms with Crippen molar-refractivity contribution in [3.05, 3.63) is 29.8 Å². The summed E-state index contributed by atoms with van der Waals surface area (Å²) in [6.45, 7) is 5.91. The van der Waals surface area contributed by atoms with Crippen LogP contribution >= 0.6 is 24.8 Å². The maximum atomic E-state index is 13.0. The van der Waals surface area contributed by atoms with Gasteiger partial charge in [-0.05, 0) is 30.9 Å².